The monoisotopic (exact) mass is 447 g/mol. The predicted molar refractivity (Wildman–Crippen MR) is 123 cm³/mol. The number of benzene rings is 1. The summed E-state index contributed by atoms with van der Waals surface area (Å²) in [6.07, 6.45) is 5.29. The Morgan fingerprint density at radius 3 is 2.73 bits per heavy atom. The van der Waals surface area contributed by atoms with Crippen LogP contribution in [0.1, 0.15) is 58.7 Å². The molecule has 1 amide bonds. The molecule has 172 valence electrons. The van der Waals surface area contributed by atoms with E-state index in [1.165, 1.54) is 5.56 Å². The van der Waals surface area contributed by atoms with Gasteiger partial charge < -0.3 is 19.0 Å². The number of carbonyl (C=O) groups is 1. The van der Waals surface area contributed by atoms with Gasteiger partial charge in [-0.25, -0.2) is 15.0 Å². The van der Waals surface area contributed by atoms with Crippen molar-refractivity contribution in [3.63, 3.8) is 0 Å². The Kier molecular flexibility index (Phi) is 6.35. The van der Waals surface area contributed by atoms with Gasteiger partial charge in [-0.05, 0) is 37.8 Å². The number of nitrogens with zero attached hydrogens (tertiary/aromatic N) is 5. The first-order valence-corrected chi connectivity index (χ1v) is 11.7. The fraction of sp³-hybridized carbons (Fsp3) is 0.440. The molecule has 0 N–H and O–H groups in total. The molecule has 3 aromatic rings. The molecule has 8 heteroatoms. The van der Waals surface area contributed by atoms with Crippen LogP contribution in [0.4, 0.5) is 5.95 Å². The molecule has 1 aromatic carbocycles. The fourth-order valence-electron chi connectivity index (χ4n) is 4.50. The number of hydrogen-bond acceptors (Lipinski definition) is 7. The van der Waals surface area contributed by atoms with Gasteiger partial charge in [0.25, 0.3) is 5.91 Å². The predicted octanol–water partition coefficient (Wildman–Crippen LogP) is 3.57. The van der Waals surface area contributed by atoms with Gasteiger partial charge >= 0.3 is 0 Å². The van der Waals surface area contributed by atoms with E-state index >= 15 is 0 Å². The molecule has 0 saturated carbocycles. The third kappa shape index (κ3) is 4.90. The summed E-state index contributed by atoms with van der Waals surface area (Å²) in [5, 5.41) is 0. The van der Waals surface area contributed by atoms with Gasteiger partial charge in [0.05, 0.1) is 19.4 Å². The van der Waals surface area contributed by atoms with Crippen molar-refractivity contribution in [1.29, 1.82) is 0 Å². The Morgan fingerprint density at radius 2 is 1.91 bits per heavy atom. The van der Waals surface area contributed by atoms with Gasteiger partial charge in [0.2, 0.25) is 11.8 Å². The average Bonchev–Trinajstić information content (AvgIpc) is 3.32. The quantitative estimate of drug-likeness (QED) is 0.591. The molecule has 33 heavy (non-hydrogen) atoms. The SMILES string of the molecule is Cc1cc(C(=O)N2CCCC[C@@H]2c2ncc(Cc3ccccc3)o2)nc(N2CCOCC2)n1. The highest BCUT2D eigenvalue weighted by molar-refractivity contribution is 5.93. The summed E-state index contributed by atoms with van der Waals surface area (Å²) in [6, 6.07) is 11.8. The van der Waals surface area contributed by atoms with Crippen molar-refractivity contribution in [3.8, 4) is 0 Å². The highest BCUT2D eigenvalue weighted by Gasteiger charge is 2.33. The molecule has 0 unspecified atom stereocenters. The van der Waals surface area contributed by atoms with E-state index in [9.17, 15) is 4.79 Å². The third-order valence-corrected chi connectivity index (χ3v) is 6.20. The molecule has 0 aliphatic carbocycles. The summed E-state index contributed by atoms with van der Waals surface area (Å²) in [7, 11) is 0. The number of morpholine rings is 1. The number of amides is 1. The first-order valence-electron chi connectivity index (χ1n) is 11.7. The van der Waals surface area contributed by atoms with Crippen LogP contribution in [0, 0.1) is 6.92 Å². The van der Waals surface area contributed by atoms with Crippen molar-refractivity contribution in [2.75, 3.05) is 37.7 Å². The first-order chi connectivity index (χ1) is 16.2. The van der Waals surface area contributed by atoms with E-state index < -0.39 is 0 Å². The zero-order valence-electron chi connectivity index (χ0n) is 18.9. The largest absolute Gasteiger partial charge is 0.443 e. The summed E-state index contributed by atoms with van der Waals surface area (Å²) in [6.45, 7) is 5.30. The molecule has 2 aliphatic heterocycles. The van der Waals surface area contributed by atoms with Crippen molar-refractivity contribution < 1.29 is 13.9 Å². The van der Waals surface area contributed by atoms with E-state index in [0.717, 1.165) is 43.8 Å². The van der Waals surface area contributed by atoms with Gasteiger partial charge in [-0.15, -0.1) is 0 Å². The Bertz CT molecular complexity index is 1090. The number of carbonyl (C=O) groups excluding carboxylic acids is 1. The Labute approximate surface area is 193 Å². The number of oxazole rings is 1. The maximum absolute atomic E-state index is 13.6. The molecular formula is C25H29N5O3. The van der Waals surface area contributed by atoms with Crippen LogP contribution in [0.25, 0.3) is 0 Å². The molecule has 0 bridgehead atoms. The number of hydrogen-bond donors (Lipinski definition) is 0. The zero-order valence-corrected chi connectivity index (χ0v) is 18.9. The van der Waals surface area contributed by atoms with E-state index in [1.54, 1.807) is 12.3 Å². The highest BCUT2D eigenvalue weighted by atomic mass is 16.5. The van der Waals surface area contributed by atoms with Crippen molar-refractivity contribution >= 4 is 11.9 Å². The van der Waals surface area contributed by atoms with Crippen molar-refractivity contribution in [2.24, 2.45) is 0 Å². The number of ether oxygens (including phenoxy) is 1. The lowest BCUT2D eigenvalue weighted by Gasteiger charge is -2.34. The fourth-order valence-corrected chi connectivity index (χ4v) is 4.50. The van der Waals surface area contributed by atoms with Crippen LogP contribution in [-0.2, 0) is 11.2 Å². The van der Waals surface area contributed by atoms with Gasteiger partial charge in [-0.2, -0.15) is 0 Å². The van der Waals surface area contributed by atoms with E-state index in [-0.39, 0.29) is 11.9 Å². The highest BCUT2D eigenvalue weighted by Crippen LogP contribution is 2.32. The molecule has 8 nitrogen and oxygen atoms in total. The van der Waals surface area contributed by atoms with Crippen LogP contribution in [0.15, 0.2) is 47.0 Å². The van der Waals surface area contributed by atoms with Crippen LogP contribution in [0.5, 0.6) is 0 Å². The number of aryl methyl sites for hydroxylation is 1. The molecule has 1 atom stereocenters. The molecule has 5 rings (SSSR count). The van der Waals surface area contributed by atoms with Gasteiger partial charge in [0.1, 0.15) is 17.5 Å². The first kappa shape index (κ1) is 21.6. The zero-order chi connectivity index (χ0) is 22.6. The minimum Gasteiger partial charge on any atom is -0.443 e. The number of piperidine rings is 1. The number of anilines is 1. The molecule has 2 aliphatic rings. The van der Waals surface area contributed by atoms with E-state index in [4.69, 9.17) is 9.15 Å². The van der Waals surface area contributed by atoms with Crippen LogP contribution >= 0.6 is 0 Å². The summed E-state index contributed by atoms with van der Waals surface area (Å²) in [5.74, 6) is 1.91. The molecule has 2 fully saturated rings. The summed E-state index contributed by atoms with van der Waals surface area (Å²) >= 11 is 0. The van der Waals surface area contributed by atoms with Crippen LogP contribution in [0.3, 0.4) is 0 Å². The molecule has 0 spiro atoms. The van der Waals surface area contributed by atoms with E-state index in [1.807, 2.05) is 30.0 Å². The standard InChI is InChI=1S/C25H29N5O3/c1-18-15-21(28-25(27-18)29-11-13-32-14-12-29)24(31)30-10-6-5-9-22(30)23-26-17-20(33-23)16-19-7-3-2-4-8-19/h2-4,7-8,15,17,22H,5-6,9-14,16H2,1H3/t22-/m1/s1. The molecule has 2 saturated heterocycles. The molecule has 0 radical (unpaired) electrons. The second-order valence-corrected chi connectivity index (χ2v) is 8.63. The summed E-state index contributed by atoms with van der Waals surface area (Å²) < 4.78 is 11.6. The topological polar surface area (TPSA) is 84.6 Å². The molecule has 4 heterocycles. The van der Waals surface area contributed by atoms with Gasteiger partial charge in [-0.3, -0.25) is 4.79 Å². The lowest BCUT2D eigenvalue weighted by molar-refractivity contribution is 0.0563. The Morgan fingerprint density at radius 1 is 1.09 bits per heavy atom. The second-order valence-electron chi connectivity index (χ2n) is 8.63. The van der Waals surface area contributed by atoms with E-state index in [0.29, 0.717) is 43.7 Å². The maximum Gasteiger partial charge on any atom is 0.273 e. The number of rotatable bonds is 5. The second kappa shape index (κ2) is 9.70. The van der Waals surface area contributed by atoms with Gasteiger partial charge in [0, 0.05) is 31.7 Å². The maximum atomic E-state index is 13.6. The minimum atomic E-state index is -0.183. The molecular weight excluding hydrogens is 418 g/mol. The summed E-state index contributed by atoms with van der Waals surface area (Å²) in [5.41, 5.74) is 2.38. The third-order valence-electron chi connectivity index (χ3n) is 6.20. The molecule has 2 aromatic heterocycles. The smallest absolute Gasteiger partial charge is 0.273 e. The minimum absolute atomic E-state index is 0.0949. The van der Waals surface area contributed by atoms with Gasteiger partial charge in [-0.1, -0.05) is 30.3 Å². The van der Waals surface area contributed by atoms with Crippen LogP contribution < -0.4 is 4.90 Å². The van der Waals surface area contributed by atoms with Crippen LogP contribution in [-0.4, -0.2) is 58.6 Å². The lowest BCUT2D eigenvalue weighted by Crippen LogP contribution is -2.40. The lowest BCUT2D eigenvalue weighted by atomic mass is 10.0. The normalized spacial score (nSPS) is 19.0. The number of likely N-dealkylation sites (tertiary alicyclic amines) is 1. The Hall–Kier alpha value is -3.26. The summed E-state index contributed by atoms with van der Waals surface area (Å²) in [4.78, 5) is 31.3. The average molecular weight is 448 g/mol. The van der Waals surface area contributed by atoms with Crippen LogP contribution in [0.2, 0.25) is 0 Å². The van der Waals surface area contributed by atoms with Crippen molar-refractivity contribution in [2.45, 2.75) is 38.6 Å². The van der Waals surface area contributed by atoms with Gasteiger partial charge in [0.15, 0.2) is 0 Å². The van der Waals surface area contributed by atoms with Crippen molar-refractivity contribution in [1.82, 2.24) is 19.9 Å². The van der Waals surface area contributed by atoms with Crippen molar-refractivity contribution in [3.05, 3.63) is 71.2 Å². The van der Waals surface area contributed by atoms with E-state index in [2.05, 4.69) is 32.0 Å². The Balaban J connectivity index is 1.37. The number of aromatic nitrogens is 3.